The molecule has 0 spiro atoms. The van der Waals surface area contributed by atoms with Gasteiger partial charge in [0.05, 0.1) is 35.0 Å². The first-order valence-electron chi connectivity index (χ1n) is 7.56. The lowest BCUT2D eigenvalue weighted by Gasteiger charge is -2.05. The van der Waals surface area contributed by atoms with Crippen molar-refractivity contribution in [1.82, 2.24) is 15.2 Å². The van der Waals surface area contributed by atoms with E-state index in [2.05, 4.69) is 20.5 Å². The van der Waals surface area contributed by atoms with Gasteiger partial charge in [0.25, 0.3) is 5.89 Å². The highest BCUT2D eigenvalue weighted by Gasteiger charge is 2.14. The van der Waals surface area contributed by atoms with Crippen LogP contribution in [-0.2, 0) is 0 Å². The molecule has 1 N–H and O–H groups in total. The van der Waals surface area contributed by atoms with Crippen LogP contribution in [-0.4, -0.2) is 29.4 Å². The van der Waals surface area contributed by atoms with Gasteiger partial charge in [0.2, 0.25) is 0 Å². The van der Waals surface area contributed by atoms with Crippen LogP contribution in [0.25, 0.3) is 21.7 Å². The SMILES string of the molecule is COc1cc2nc(Nc3nnc(-c4ccccc4Cl)o3)sc2cc1OC. The zero-order valence-electron chi connectivity index (χ0n) is 13.8. The minimum atomic E-state index is 0.234. The molecule has 2 heterocycles. The third-order valence-electron chi connectivity index (χ3n) is 3.64. The third kappa shape index (κ3) is 3.04. The summed E-state index contributed by atoms with van der Waals surface area (Å²) in [5, 5.41) is 12.2. The van der Waals surface area contributed by atoms with Crippen molar-refractivity contribution < 1.29 is 13.9 Å². The molecular formula is C17H13ClN4O3S. The molecule has 0 saturated heterocycles. The number of aromatic nitrogens is 3. The van der Waals surface area contributed by atoms with Crippen LogP contribution in [0.15, 0.2) is 40.8 Å². The number of methoxy groups -OCH3 is 2. The maximum absolute atomic E-state index is 6.16. The molecule has 0 bridgehead atoms. The highest BCUT2D eigenvalue weighted by Crippen LogP contribution is 2.37. The number of rotatable bonds is 5. The number of anilines is 2. The van der Waals surface area contributed by atoms with Crippen molar-refractivity contribution in [1.29, 1.82) is 0 Å². The minimum Gasteiger partial charge on any atom is -0.493 e. The van der Waals surface area contributed by atoms with Gasteiger partial charge in [0.1, 0.15) is 0 Å². The van der Waals surface area contributed by atoms with Crippen LogP contribution in [0.2, 0.25) is 5.02 Å². The molecule has 7 nitrogen and oxygen atoms in total. The average Bonchev–Trinajstić information content (AvgIpc) is 3.27. The minimum absolute atomic E-state index is 0.234. The van der Waals surface area contributed by atoms with E-state index < -0.39 is 0 Å². The van der Waals surface area contributed by atoms with Crippen molar-refractivity contribution in [3.05, 3.63) is 41.4 Å². The molecule has 132 valence electrons. The van der Waals surface area contributed by atoms with Crippen LogP contribution < -0.4 is 14.8 Å². The van der Waals surface area contributed by atoms with Crippen molar-refractivity contribution in [2.45, 2.75) is 0 Å². The standard InChI is InChI=1S/C17H13ClN4O3S/c1-23-12-7-11-14(8-13(12)24-2)26-17(19-11)20-16-22-21-15(25-16)9-5-3-4-6-10(9)18/h3-8H,1-2H3,(H,19,20,22). The monoisotopic (exact) mass is 388 g/mol. The average molecular weight is 389 g/mol. The van der Waals surface area contributed by atoms with Crippen LogP contribution in [0.1, 0.15) is 0 Å². The van der Waals surface area contributed by atoms with E-state index in [0.29, 0.717) is 33.1 Å². The molecule has 0 aliphatic rings. The smallest absolute Gasteiger partial charge is 0.322 e. The number of hydrogen-bond acceptors (Lipinski definition) is 8. The van der Waals surface area contributed by atoms with E-state index in [4.69, 9.17) is 25.5 Å². The van der Waals surface area contributed by atoms with E-state index in [0.717, 1.165) is 10.2 Å². The van der Waals surface area contributed by atoms with Crippen LogP contribution in [0.5, 0.6) is 11.5 Å². The van der Waals surface area contributed by atoms with E-state index in [1.165, 1.54) is 11.3 Å². The van der Waals surface area contributed by atoms with Gasteiger partial charge in [-0.2, -0.15) is 0 Å². The first kappa shape index (κ1) is 16.6. The fourth-order valence-electron chi connectivity index (χ4n) is 2.42. The lowest BCUT2D eigenvalue weighted by atomic mass is 10.2. The lowest BCUT2D eigenvalue weighted by Crippen LogP contribution is -1.90. The summed E-state index contributed by atoms with van der Waals surface area (Å²) in [5.74, 6) is 1.60. The number of thiazole rings is 1. The van der Waals surface area contributed by atoms with E-state index in [-0.39, 0.29) is 6.01 Å². The lowest BCUT2D eigenvalue weighted by molar-refractivity contribution is 0.356. The second-order valence-corrected chi connectivity index (χ2v) is 6.65. The molecule has 9 heteroatoms. The summed E-state index contributed by atoms with van der Waals surface area (Å²) in [7, 11) is 3.18. The predicted octanol–water partition coefficient (Wildman–Crippen LogP) is 4.76. The summed E-state index contributed by atoms with van der Waals surface area (Å²) >= 11 is 7.59. The number of fused-ring (bicyclic) bond motifs is 1. The molecule has 0 amide bonds. The molecule has 26 heavy (non-hydrogen) atoms. The van der Waals surface area contributed by atoms with Crippen LogP contribution in [0, 0.1) is 0 Å². The van der Waals surface area contributed by atoms with Gasteiger partial charge in [-0.05, 0) is 12.1 Å². The highest BCUT2D eigenvalue weighted by atomic mass is 35.5. The molecule has 4 rings (SSSR count). The summed E-state index contributed by atoms with van der Waals surface area (Å²) < 4.78 is 17.2. The van der Waals surface area contributed by atoms with Crippen LogP contribution >= 0.6 is 22.9 Å². The molecular weight excluding hydrogens is 376 g/mol. The molecule has 0 saturated carbocycles. The number of nitrogens with zero attached hydrogens (tertiary/aromatic N) is 3. The largest absolute Gasteiger partial charge is 0.493 e. The van der Waals surface area contributed by atoms with Gasteiger partial charge < -0.3 is 13.9 Å². The van der Waals surface area contributed by atoms with Gasteiger partial charge in [-0.15, -0.1) is 5.10 Å². The van der Waals surface area contributed by atoms with Crippen LogP contribution in [0.3, 0.4) is 0 Å². The van der Waals surface area contributed by atoms with Gasteiger partial charge in [0, 0.05) is 12.1 Å². The van der Waals surface area contributed by atoms with Crippen LogP contribution in [0.4, 0.5) is 11.1 Å². The summed E-state index contributed by atoms with van der Waals surface area (Å²) in [6.45, 7) is 0. The number of nitrogens with one attached hydrogen (secondary N) is 1. The topological polar surface area (TPSA) is 82.3 Å². The maximum atomic E-state index is 6.16. The quantitative estimate of drug-likeness (QED) is 0.527. The number of hydrogen-bond donors (Lipinski definition) is 1. The molecule has 0 fully saturated rings. The Morgan fingerprint density at radius 2 is 1.85 bits per heavy atom. The summed E-state index contributed by atoms with van der Waals surface area (Å²) in [6.07, 6.45) is 0. The van der Waals surface area contributed by atoms with Crippen molar-refractivity contribution >= 4 is 44.3 Å². The summed E-state index contributed by atoms with van der Waals surface area (Å²) in [4.78, 5) is 4.51. The predicted molar refractivity (Wildman–Crippen MR) is 101 cm³/mol. The van der Waals surface area contributed by atoms with Gasteiger partial charge in [0.15, 0.2) is 16.6 Å². The van der Waals surface area contributed by atoms with Crippen molar-refractivity contribution in [2.75, 3.05) is 19.5 Å². The van der Waals surface area contributed by atoms with Crippen molar-refractivity contribution in [3.63, 3.8) is 0 Å². The fourth-order valence-corrected chi connectivity index (χ4v) is 3.50. The van der Waals surface area contributed by atoms with E-state index in [9.17, 15) is 0 Å². The Bertz CT molecular complexity index is 1040. The first-order chi connectivity index (χ1) is 12.7. The molecule has 0 unspecified atom stereocenters. The number of halogens is 1. The number of benzene rings is 2. The number of ether oxygens (including phenoxy) is 2. The summed E-state index contributed by atoms with van der Waals surface area (Å²) in [5.41, 5.74) is 1.45. The Kier molecular flexibility index (Phi) is 4.36. The zero-order chi connectivity index (χ0) is 18.1. The molecule has 2 aromatic heterocycles. The normalized spacial score (nSPS) is 10.9. The molecule has 0 aliphatic carbocycles. The third-order valence-corrected chi connectivity index (χ3v) is 4.90. The van der Waals surface area contributed by atoms with Gasteiger partial charge >= 0.3 is 6.01 Å². The van der Waals surface area contributed by atoms with Gasteiger partial charge in [-0.3, -0.25) is 5.32 Å². The Hall–Kier alpha value is -2.84. The van der Waals surface area contributed by atoms with E-state index >= 15 is 0 Å². The maximum Gasteiger partial charge on any atom is 0.322 e. The molecule has 0 atom stereocenters. The second kappa shape index (κ2) is 6.81. The zero-order valence-corrected chi connectivity index (χ0v) is 15.4. The van der Waals surface area contributed by atoms with Gasteiger partial charge in [-0.25, -0.2) is 4.98 Å². The second-order valence-electron chi connectivity index (χ2n) is 5.21. The Balaban J connectivity index is 1.63. The van der Waals surface area contributed by atoms with E-state index in [1.54, 1.807) is 20.3 Å². The molecule has 0 aliphatic heterocycles. The van der Waals surface area contributed by atoms with Crippen molar-refractivity contribution in [3.8, 4) is 23.0 Å². The van der Waals surface area contributed by atoms with Crippen molar-refractivity contribution in [2.24, 2.45) is 0 Å². The molecule has 0 radical (unpaired) electrons. The van der Waals surface area contributed by atoms with E-state index in [1.807, 2.05) is 30.3 Å². The molecule has 2 aromatic carbocycles. The Morgan fingerprint density at radius 1 is 1.08 bits per heavy atom. The Labute approximate surface area is 157 Å². The molecule has 4 aromatic rings. The van der Waals surface area contributed by atoms with Gasteiger partial charge in [-0.1, -0.05) is 40.2 Å². The Morgan fingerprint density at radius 3 is 2.62 bits per heavy atom. The summed E-state index contributed by atoms with van der Waals surface area (Å²) in [6, 6.07) is 11.2. The highest BCUT2D eigenvalue weighted by molar-refractivity contribution is 7.22. The first-order valence-corrected chi connectivity index (χ1v) is 8.75. The fraction of sp³-hybridized carbons (Fsp3) is 0.118.